The number of nitrogens with two attached hydrogens (primary N) is 1. The molecule has 0 bridgehead atoms. The van der Waals surface area contributed by atoms with Crippen molar-refractivity contribution in [1.29, 1.82) is 0 Å². The summed E-state index contributed by atoms with van der Waals surface area (Å²) in [6.45, 7) is 4.32. The third-order valence-electron chi connectivity index (χ3n) is 4.08. The zero-order valence-electron chi connectivity index (χ0n) is 12.8. The standard InChI is InChI=1S/C17H27N3O/c18-16(15-7-2-1-3-8-15)9-10-17(21)19-11-6-14-20-12-4-5-13-20/h1-3,7-8,16H,4-6,9-14,18H2,(H,19,21). The minimum atomic E-state index is -0.0541. The Hall–Kier alpha value is -1.39. The normalized spacial score (nSPS) is 16.8. The Morgan fingerprint density at radius 2 is 1.95 bits per heavy atom. The number of nitrogens with zero attached hydrogens (tertiary/aromatic N) is 1. The van der Waals surface area contributed by atoms with Gasteiger partial charge in [-0.25, -0.2) is 0 Å². The van der Waals surface area contributed by atoms with Crippen molar-refractivity contribution in [3.05, 3.63) is 35.9 Å². The molecule has 0 radical (unpaired) electrons. The number of rotatable bonds is 8. The van der Waals surface area contributed by atoms with E-state index >= 15 is 0 Å². The highest BCUT2D eigenvalue weighted by molar-refractivity contribution is 5.75. The fourth-order valence-corrected chi connectivity index (χ4v) is 2.78. The third kappa shape index (κ3) is 5.86. The van der Waals surface area contributed by atoms with Gasteiger partial charge in [0, 0.05) is 19.0 Å². The van der Waals surface area contributed by atoms with Gasteiger partial charge in [-0.1, -0.05) is 30.3 Å². The van der Waals surface area contributed by atoms with Gasteiger partial charge in [-0.2, -0.15) is 0 Å². The van der Waals surface area contributed by atoms with E-state index in [4.69, 9.17) is 5.73 Å². The number of likely N-dealkylation sites (tertiary alicyclic amines) is 1. The highest BCUT2D eigenvalue weighted by atomic mass is 16.1. The molecule has 0 saturated carbocycles. The number of carbonyl (C=O) groups is 1. The molecule has 4 nitrogen and oxygen atoms in total. The Bertz CT molecular complexity index is 415. The van der Waals surface area contributed by atoms with Crippen molar-refractivity contribution in [3.63, 3.8) is 0 Å². The molecule has 2 rings (SSSR count). The third-order valence-corrected chi connectivity index (χ3v) is 4.08. The van der Waals surface area contributed by atoms with Gasteiger partial charge in [0.05, 0.1) is 0 Å². The van der Waals surface area contributed by atoms with Gasteiger partial charge in [0.1, 0.15) is 0 Å². The summed E-state index contributed by atoms with van der Waals surface area (Å²) < 4.78 is 0. The van der Waals surface area contributed by atoms with Crippen LogP contribution in [0.1, 0.15) is 43.7 Å². The molecule has 1 unspecified atom stereocenters. The molecule has 21 heavy (non-hydrogen) atoms. The van der Waals surface area contributed by atoms with Crippen molar-refractivity contribution < 1.29 is 4.79 Å². The van der Waals surface area contributed by atoms with Crippen molar-refractivity contribution in [1.82, 2.24) is 10.2 Å². The van der Waals surface area contributed by atoms with Gasteiger partial charge in [0.2, 0.25) is 5.91 Å². The molecule has 0 spiro atoms. The van der Waals surface area contributed by atoms with Crippen LogP contribution in [-0.2, 0) is 4.79 Å². The lowest BCUT2D eigenvalue weighted by Crippen LogP contribution is -2.29. The zero-order chi connectivity index (χ0) is 14.9. The highest BCUT2D eigenvalue weighted by Gasteiger charge is 2.11. The molecule has 1 aliphatic rings. The van der Waals surface area contributed by atoms with Gasteiger partial charge in [-0.3, -0.25) is 4.79 Å². The average molecular weight is 289 g/mol. The molecule has 0 aromatic heterocycles. The van der Waals surface area contributed by atoms with E-state index in [0.717, 1.165) is 25.1 Å². The minimum Gasteiger partial charge on any atom is -0.356 e. The Balaban J connectivity index is 1.55. The van der Waals surface area contributed by atoms with Crippen LogP contribution in [0.4, 0.5) is 0 Å². The summed E-state index contributed by atoms with van der Waals surface area (Å²) in [6, 6.07) is 9.91. The Morgan fingerprint density at radius 1 is 1.24 bits per heavy atom. The largest absolute Gasteiger partial charge is 0.356 e. The van der Waals surface area contributed by atoms with Gasteiger partial charge >= 0.3 is 0 Å². The van der Waals surface area contributed by atoms with E-state index in [1.165, 1.54) is 25.9 Å². The summed E-state index contributed by atoms with van der Waals surface area (Å²) in [6.07, 6.45) is 4.88. The predicted octanol–water partition coefficient (Wildman–Crippen LogP) is 2.07. The summed E-state index contributed by atoms with van der Waals surface area (Å²) in [5.41, 5.74) is 7.19. The predicted molar refractivity (Wildman–Crippen MR) is 85.9 cm³/mol. The average Bonchev–Trinajstić information content (AvgIpc) is 3.03. The highest BCUT2D eigenvalue weighted by Crippen LogP contribution is 2.14. The van der Waals surface area contributed by atoms with E-state index in [1.807, 2.05) is 30.3 Å². The van der Waals surface area contributed by atoms with E-state index in [2.05, 4.69) is 10.2 Å². The molecule has 1 amide bonds. The van der Waals surface area contributed by atoms with Crippen LogP contribution in [0.5, 0.6) is 0 Å². The zero-order valence-corrected chi connectivity index (χ0v) is 12.8. The molecular formula is C17H27N3O. The second kappa shape index (κ2) is 8.80. The first-order chi connectivity index (χ1) is 10.3. The first-order valence-corrected chi connectivity index (χ1v) is 8.05. The topological polar surface area (TPSA) is 58.4 Å². The molecule has 1 aromatic rings. The summed E-state index contributed by atoms with van der Waals surface area (Å²) in [5.74, 6) is 0.114. The van der Waals surface area contributed by atoms with Crippen LogP contribution in [-0.4, -0.2) is 37.0 Å². The van der Waals surface area contributed by atoms with Crippen molar-refractivity contribution >= 4 is 5.91 Å². The van der Waals surface area contributed by atoms with Crippen molar-refractivity contribution in [2.24, 2.45) is 5.73 Å². The van der Waals surface area contributed by atoms with Crippen LogP contribution >= 0.6 is 0 Å². The van der Waals surface area contributed by atoms with E-state index < -0.39 is 0 Å². The molecule has 0 aliphatic carbocycles. The summed E-state index contributed by atoms with van der Waals surface area (Å²) in [7, 11) is 0. The number of nitrogens with one attached hydrogen (secondary N) is 1. The first-order valence-electron chi connectivity index (χ1n) is 8.05. The van der Waals surface area contributed by atoms with Gasteiger partial charge in [0.25, 0.3) is 0 Å². The molecule has 3 N–H and O–H groups in total. The van der Waals surface area contributed by atoms with Crippen molar-refractivity contribution in [2.75, 3.05) is 26.2 Å². The number of benzene rings is 1. The number of hydrogen-bond acceptors (Lipinski definition) is 3. The van der Waals surface area contributed by atoms with Gasteiger partial charge in [0.15, 0.2) is 0 Å². The number of amides is 1. The quantitative estimate of drug-likeness (QED) is 0.720. The summed E-state index contributed by atoms with van der Waals surface area (Å²) >= 11 is 0. The lowest BCUT2D eigenvalue weighted by molar-refractivity contribution is -0.121. The Morgan fingerprint density at radius 3 is 2.67 bits per heavy atom. The minimum absolute atomic E-state index is 0.0541. The first kappa shape index (κ1) is 16.0. The maximum atomic E-state index is 11.8. The van der Waals surface area contributed by atoms with Crippen LogP contribution in [0.3, 0.4) is 0 Å². The molecule has 1 fully saturated rings. The summed E-state index contributed by atoms with van der Waals surface area (Å²) in [4.78, 5) is 14.3. The molecule has 1 aromatic carbocycles. The fourth-order valence-electron chi connectivity index (χ4n) is 2.78. The Kier molecular flexibility index (Phi) is 6.70. The second-order valence-corrected chi connectivity index (χ2v) is 5.81. The molecule has 1 aliphatic heterocycles. The molecule has 1 atom stereocenters. The van der Waals surface area contributed by atoms with Crippen LogP contribution < -0.4 is 11.1 Å². The number of carbonyl (C=O) groups excluding carboxylic acids is 1. The number of hydrogen-bond donors (Lipinski definition) is 2. The maximum Gasteiger partial charge on any atom is 0.220 e. The van der Waals surface area contributed by atoms with Gasteiger partial charge in [-0.15, -0.1) is 0 Å². The molecule has 1 saturated heterocycles. The maximum absolute atomic E-state index is 11.8. The smallest absolute Gasteiger partial charge is 0.220 e. The molecular weight excluding hydrogens is 262 g/mol. The molecule has 116 valence electrons. The van der Waals surface area contributed by atoms with Gasteiger partial charge in [-0.05, 0) is 50.9 Å². The van der Waals surface area contributed by atoms with Crippen LogP contribution in [0.25, 0.3) is 0 Å². The molecule has 4 heteroatoms. The summed E-state index contributed by atoms with van der Waals surface area (Å²) in [5, 5.41) is 2.99. The van der Waals surface area contributed by atoms with Crippen LogP contribution in [0, 0.1) is 0 Å². The lowest BCUT2D eigenvalue weighted by atomic mass is 10.0. The SMILES string of the molecule is NC(CCC(=O)NCCCN1CCCC1)c1ccccc1. The van der Waals surface area contributed by atoms with Gasteiger partial charge < -0.3 is 16.0 Å². The molecule has 1 heterocycles. The second-order valence-electron chi connectivity index (χ2n) is 5.81. The van der Waals surface area contributed by atoms with E-state index in [0.29, 0.717) is 12.8 Å². The van der Waals surface area contributed by atoms with E-state index in [-0.39, 0.29) is 11.9 Å². The van der Waals surface area contributed by atoms with E-state index in [9.17, 15) is 4.79 Å². The monoisotopic (exact) mass is 289 g/mol. The lowest BCUT2D eigenvalue weighted by Gasteiger charge is -2.15. The van der Waals surface area contributed by atoms with E-state index in [1.54, 1.807) is 0 Å². The van der Waals surface area contributed by atoms with Crippen molar-refractivity contribution in [2.45, 2.75) is 38.1 Å². The van der Waals surface area contributed by atoms with Crippen LogP contribution in [0.15, 0.2) is 30.3 Å². The fraction of sp³-hybridized carbons (Fsp3) is 0.588. The van der Waals surface area contributed by atoms with Crippen molar-refractivity contribution in [3.8, 4) is 0 Å². The Labute approximate surface area is 127 Å². The van der Waals surface area contributed by atoms with Crippen LogP contribution in [0.2, 0.25) is 0 Å².